The molecular weight excluding hydrogens is 177 g/mol. The number of rotatable bonds is 0. The Morgan fingerprint density at radius 1 is 0.923 bits per heavy atom. The number of hydrogen-bond acceptors (Lipinski definition) is 0. The molecule has 2 saturated carbocycles. The predicted molar refractivity (Wildman–Crippen MR) is 44.5 cm³/mol. The Morgan fingerprint density at radius 2 is 1.62 bits per heavy atom. The lowest BCUT2D eigenvalue weighted by molar-refractivity contribution is -0.168. The predicted octanol–water partition coefficient (Wildman–Crippen LogP) is 3.56. The highest BCUT2D eigenvalue weighted by molar-refractivity contribution is 4.95. The molecule has 3 unspecified atom stereocenters. The molecule has 3 heteroatoms. The van der Waals surface area contributed by atoms with Crippen molar-refractivity contribution >= 4 is 0 Å². The van der Waals surface area contributed by atoms with E-state index in [1.807, 2.05) is 0 Å². The van der Waals surface area contributed by atoms with E-state index >= 15 is 0 Å². The number of halogens is 3. The second kappa shape index (κ2) is 3.18. The Labute approximate surface area is 76.5 Å². The Hall–Kier alpha value is -0.210. The minimum atomic E-state index is -3.04. The highest BCUT2D eigenvalue weighted by atomic mass is 19.3. The molecule has 0 radical (unpaired) electrons. The molecule has 0 spiro atoms. The van der Waals surface area contributed by atoms with E-state index in [2.05, 4.69) is 0 Å². The van der Waals surface area contributed by atoms with Gasteiger partial charge < -0.3 is 0 Å². The molecule has 2 aliphatic carbocycles. The van der Waals surface area contributed by atoms with Gasteiger partial charge in [-0.15, -0.1) is 0 Å². The smallest absolute Gasteiger partial charge is 0.241 e. The van der Waals surface area contributed by atoms with Gasteiger partial charge in [0.05, 0.1) is 0 Å². The van der Waals surface area contributed by atoms with Crippen molar-refractivity contribution in [2.24, 2.45) is 11.8 Å². The maximum Gasteiger partial charge on any atom is 0.281 e. The number of hydrogen-bond donors (Lipinski definition) is 0. The first-order valence-electron chi connectivity index (χ1n) is 5.14. The third-order valence-corrected chi connectivity index (χ3v) is 3.61. The number of alkyl halides is 3. The summed E-state index contributed by atoms with van der Waals surface area (Å²) in [7, 11) is 0. The maximum atomic E-state index is 13.4. The second-order valence-corrected chi connectivity index (χ2v) is 4.37. The van der Waals surface area contributed by atoms with Gasteiger partial charge in [-0.05, 0) is 31.6 Å². The summed E-state index contributed by atoms with van der Waals surface area (Å²) in [6, 6.07) is 0. The third-order valence-electron chi connectivity index (χ3n) is 3.61. The third kappa shape index (κ3) is 1.46. The molecular formula is C10H15F3. The zero-order valence-corrected chi connectivity index (χ0v) is 7.61. The Kier molecular flexibility index (Phi) is 2.28. The summed E-state index contributed by atoms with van der Waals surface area (Å²) >= 11 is 0. The van der Waals surface area contributed by atoms with E-state index in [1.54, 1.807) is 0 Å². The molecule has 0 N–H and O–H groups in total. The van der Waals surface area contributed by atoms with Gasteiger partial charge in [-0.1, -0.05) is 12.8 Å². The minimum absolute atomic E-state index is 0.0637. The van der Waals surface area contributed by atoms with Gasteiger partial charge in [0.2, 0.25) is 0 Å². The molecule has 2 aliphatic rings. The molecule has 13 heavy (non-hydrogen) atoms. The quantitative estimate of drug-likeness (QED) is 0.550. The van der Waals surface area contributed by atoms with Crippen LogP contribution in [0.3, 0.4) is 0 Å². The molecule has 0 bridgehead atoms. The molecule has 0 aromatic rings. The lowest BCUT2D eigenvalue weighted by Gasteiger charge is -2.42. The first-order chi connectivity index (χ1) is 6.12. The van der Waals surface area contributed by atoms with Crippen molar-refractivity contribution in [2.75, 3.05) is 0 Å². The van der Waals surface area contributed by atoms with Crippen LogP contribution in [0.4, 0.5) is 13.2 Å². The molecule has 0 aromatic carbocycles. The fourth-order valence-corrected chi connectivity index (χ4v) is 2.85. The molecule has 2 fully saturated rings. The Balaban J connectivity index is 2.14. The minimum Gasteiger partial charge on any atom is -0.241 e. The average Bonchev–Trinajstić information content (AvgIpc) is 2.13. The van der Waals surface area contributed by atoms with Gasteiger partial charge in [-0.3, -0.25) is 0 Å². The van der Waals surface area contributed by atoms with Crippen LogP contribution in [-0.4, -0.2) is 12.1 Å². The maximum absolute atomic E-state index is 13.4. The topological polar surface area (TPSA) is 0 Å². The highest BCUT2D eigenvalue weighted by Gasteiger charge is 2.54. The van der Waals surface area contributed by atoms with E-state index < -0.39 is 18.0 Å². The second-order valence-electron chi connectivity index (χ2n) is 4.37. The first-order valence-corrected chi connectivity index (χ1v) is 5.14. The standard InChI is InChI=1S/C10H15F3/c11-9-6-5-7-3-1-2-4-8(7)10(9,12)13/h7-9H,1-6H2. The van der Waals surface area contributed by atoms with E-state index in [0.29, 0.717) is 12.8 Å². The van der Waals surface area contributed by atoms with Gasteiger partial charge >= 0.3 is 0 Å². The van der Waals surface area contributed by atoms with Gasteiger partial charge in [0, 0.05) is 5.92 Å². The van der Waals surface area contributed by atoms with E-state index in [4.69, 9.17) is 0 Å². The summed E-state index contributed by atoms with van der Waals surface area (Å²) in [6.45, 7) is 0. The molecule has 0 aromatic heterocycles. The molecule has 0 amide bonds. The van der Waals surface area contributed by atoms with Crippen LogP contribution in [0.2, 0.25) is 0 Å². The SMILES string of the molecule is FC1CCC2CCCCC2C1(F)F. The van der Waals surface area contributed by atoms with E-state index in [-0.39, 0.29) is 12.3 Å². The van der Waals surface area contributed by atoms with Gasteiger partial charge in [0.1, 0.15) is 0 Å². The lowest BCUT2D eigenvalue weighted by atomic mass is 9.68. The average molecular weight is 192 g/mol. The van der Waals surface area contributed by atoms with Crippen LogP contribution >= 0.6 is 0 Å². The molecule has 0 nitrogen and oxygen atoms in total. The van der Waals surface area contributed by atoms with Crippen molar-refractivity contribution in [3.63, 3.8) is 0 Å². The number of fused-ring (bicyclic) bond motifs is 1. The zero-order chi connectivity index (χ0) is 9.47. The zero-order valence-electron chi connectivity index (χ0n) is 7.61. The van der Waals surface area contributed by atoms with Crippen molar-refractivity contribution in [3.05, 3.63) is 0 Å². The van der Waals surface area contributed by atoms with Crippen molar-refractivity contribution in [2.45, 2.75) is 50.6 Å². The normalized spacial score (nSPS) is 44.1. The van der Waals surface area contributed by atoms with Gasteiger partial charge in [-0.25, -0.2) is 13.2 Å². The molecule has 76 valence electrons. The largest absolute Gasteiger partial charge is 0.281 e. The first kappa shape index (κ1) is 9.35. The summed E-state index contributed by atoms with van der Waals surface area (Å²) in [5, 5.41) is 0. The van der Waals surface area contributed by atoms with Crippen LogP contribution in [0.5, 0.6) is 0 Å². The molecule has 0 saturated heterocycles. The molecule has 0 aliphatic heterocycles. The summed E-state index contributed by atoms with van der Waals surface area (Å²) in [5.41, 5.74) is 0. The monoisotopic (exact) mass is 192 g/mol. The van der Waals surface area contributed by atoms with Crippen LogP contribution in [0, 0.1) is 11.8 Å². The van der Waals surface area contributed by atoms with Crippen molar-refractivity contribution in [1.29, 1.82) is 0 Å². The van der Waals surface area contributed by atoms with Crippen LogP contribution in [0.25, 0.3) is 0 Å². The summed E-state index contributed by atoms with van der Waals surface area (Å²) < 4.78 is 39.7. The van der Waals surface area contributed by atoms with Gasteiger partial charge in [-0.2, -0.15) is 0 Å². The van der Waals surface area contributed by atoms with E-state index in [1.165, 1.54) is 0 Å². The Morgan fingerprint density at radius 3 is 2.38 bits per heavy atom. The fraction of sp³-hybridized carbons (Fsp3) is 1.00. The molecule has 3 atom stereocenters. The van der Waals surface area contributed by atoms with Crippen molar-refractivity contribution in [1.82, 2.24) is 0 Å². The molecule has 2 rings (SSSR count). The van der Waals surface area contributed by atoms with Crippen LogP contribution in [-0.2, 0) is 0 Å². The van der Waals surface area contributed by atoms with Gasteiger partial charge in [0.25, 0.3) is 5.92 Å². The van der Waals surface area contributed by atoms with Gasteiger partial charge in [0.15, 0.2) is 6.17 Å². The van der Waals surface area contributed by atoms with E-state index in [9.17, 15) is 13.2 Å². The van der Waals surface area contributed by atoms with E-state index in [0.717, 1.165) is 19.3 Å². The van der Waals surface area contributed by atoms with Crippen molar-refractivity contribution in [3.8, 4) is 0 Å². The summed E-state index contributed by atoms with van der Waals surface area (Å²) in [6.07, 6.45) is 2.16. The fourth-order valence-electron chi connectivity index (χ4n) is 2.85. The Bertz CT molecular complexity index is 191. The summed E-state index contributed by atoms with van der Waals surface area (Å²) in [4.78, 5) is 0. The van der Waals surface area contributed by atoms with Crippen molar-refractivity contribution < 1.29 is 13.2 Å². The van der Waals surface area contributed by atoms with Crippen LogP contribution in [0.1, 0.15) is 38.5 Å². The van der Waals surface area contributed by atoms with Crippen LogP contribution < -0.4 is 0 Å². The van der Waals surface area contributed by atoms with Crippen LogP contribution in [0.15, 0.2) is 0 Å². The lowest BCUT2D eigenvalue weighted by Crippen LogP contribution is -2.47. The molecule has 0 heterocycles. The highest BCUT2D eigenvalue weighted by Crippen LogP contribution is 2.49. The summed E-state index contributed by atoms with van der Waals surface area (Å²) in [5.74, 6) is -3.61.